The number of nitrogens with one attached hydrogen (secondary N) is 1. The van der Waals surface area contributed by atoms with Gasteiger partial charge >= 0.3 is 0 Å². The second-order valence-corrected chi connectivity index (χ2v) is 7.05. The highest BCUT2D eigenvalue weighted by Gasteiger charge is 2.23. The van der Waals surface area contributed by atoms with Crippen LogP contribution in [0.15, 0.2) is 47.9 Å². The molecule has 1 aromatic carbocycles. The lowest BCUT2D eigenvalue weighted by Crippen LogP contribution is -2.43. The van der Waals surface area contributed by atoms with Crippen molar-refractivity contribution in [2.75, 3.05) is 32.8 Å². The van der Waals surface area contributed by atoms with E-state index >= 15 is 0 Å². The molecule has 3 rings (SSSR count). The molecule has 27 heavy (non-hydrogen) atoms. The van der Waals surface area contributed by atoms with Crippen molar-refractivity contribution in [3.05, 3.63) is 68.4 Å². The zero-order valence-electron chi connectivity index (χ0n) is 14.7. The van der Waals surface area contributed by atoms with E-state index in [1.807, 2.05) is 11.4 Å². The third-order valence-electron chi connectivity index (χ3n) is 4.38. The summed E-state index contributed by atoms with van der Waals surface area (Å²) in [6.45, 7) is 3.50. The Morgan fingerprint density at radius 3 is 2.78 bits per heavy atom. The molecule has 1 amide bonds. The lowest BCUT2D eigenvalue weighted by atomic mass is 10.1. The van der Waals surface area contributed by atoms with Crippen LogP contribution < -0.4 is 5.32 Å². The number of nitro benzene ring substituents is 1. The molecule has 1 atom stereocenters. The molecule has 1 saturated heterocycles. The molecule has 0 bridgehead atoms. The number of hydrogen-bond donors (Lipinski definition) is 1. The van der Waals surface area contributed by atoms with Crippen molar-refractivity contribution in [2.45, 2.75) is 6.04 Å². The molecule has 2 heterocycles. The van der Waals surface area contributed by atoms with E-state index in [4.69, 9.17) is 4.74 Å². The molecule has 7 nitrogen and oxygen atoms in total. The lowest BCUT2D eigenvalue weighted by Gasteiger charge is -2.34. The van der Waals surface area contributed by atoms with Gasteiger partial charge in [-0.2, -0.15) is 0 Å². The maximum atomic E-state index is 12.2. The molecule has 0 spiro atoms. The van der Waals surface area contributed by atoms with Gasteiger partial charge in [-0.15, -0.1) is 11.3 Å². The summed E-state index contributed by atoms with van der Waals surface area (Å²) in [7, 11) is 0. The van der Waals surface area contributed by atoms with Gasteiger partial charge in [-0.3, -0.25) is 19.8 Å². The summed E-state index contributed by atoms with van der Waals surface area (Å²) >= 11 is 1.66. The number of nitrogens with zero attached hydrogens (tertiary/aromatic N) is 2. The summed E-state index contributed by atoms with van der Waals surface area (Å²) in [6, 6.07) is 10.5. The summed E-state index contributed by atoms with van der Waals surface area (Å²) in [5.41, 5.74) is 0.381. The zero-order chi connectivity index (χ0) is 19.1. The van der Waals surface area contributed by atoms with Crippen LogP contribution in [-0.2, 0) is 9.53 Å². The van der Waals surface area contributed by atoms with Gasteiger partial charge in [-0.1, -0.05) is 18.2 Å². The highest BCUT2D eigenvalue weighted by molar-refractivity contribution is 7.10. The molecule has 1 N–H and O–H groups in total. The molecular formula is C19H21N3O4S. The largest absolute Gasteiger partial charge is 0.379 e. The average molecular weight is 387 g/mol. The molecule has 8 heteroatoms. The van der Waals surface area contributed by atoms with Crippen LogP contribution in [0, 0.1) is 10.1 Å². The Morgan fingerprint density at radius 1 is 1.30 bits per heavy atom. The van der Waals surface area contributed by atoms with Crippen molar-refractivity contribution in [3.8, 4) is 0 Å². The Kier molecular flexibility index (Phi) is 6.69. The predicted octanol–water partition coefficient (Wildman–Crippen LogP) is 2.86. The van der Waals surface area contributed by atoms with Crippen molar-refractivity contribution in [3.63, 3.8) is 0 Å². The highest BCUT2D eigenvalue weighted by Crippen LogP contribution is 2.25. The van der Waals surface area contributed by atoms with Gasteiger partial charge in [0.15, 0.2) is 0 Å². The molecule has 2 aromatic rings. The summed E-state index contributed by atoms with van der Waals surface area (Å²) in [4.78, 5) is 26.3. The molecule has 142 valence electrons. The van der Waals surface area contributed by atoms with Crippen LogP contribution in [0.3, 0.4) is 0 Å². The molecule has 0 radical (unpaired) electrons. The molecule has 1 aliphatic heterocycles. The lowest BCUT2D eigenvalue weighted by molar-refractivity contribution is -0.385. The number of rotatable bonds is 7. The third kappa shape index (κ3) is 5.22. The van der Waals surface area contributed by atoms with E-state index in [2.05, 4.69) is 16.3 Å². The quantitative estimate of drug-likeness (QED) is 0.449. The van der Waals surface area contributed by atoms with Crippen molar-refractivity contribution >= 4 is 29.0 Å². The minimum atomic E-state index is -0.456. The Labute approximate surface area is 161 Å². The first-order chi connectivity index (χ1) is 13.1. The summed E-state index contributed by atoms with van der Waals surface area (Å²) in [5.74, 6) is -0.275. The van der Waals surface area contributed by atoms with Crippen molar-refractivity contribution in [1.82, 2.24) is 10.2 Å². The topological polar surface area (TPSA) is 84.7 Å². The van der Waals surface area contributed by atoms with Crippen LogP contribution in [0.25, 0.3) is 6.08 Å². The van der Waals surface area contributed by atoms with Crippen molar-refractivity contribution in [1.29, 1.82) is 0 Å². The number of hydrogen-bond acceptors (Lipinski definition) is 6. The second kappa shape index (κ2) is 9.40. The normalized spacial score (nSPS) is 16.3. The highest BCUT2D eigenvalue weighted by atomic mass is 32.1. The second-order valence-electron chi connectivity index (χ2n) is 6.07. The van der Waals surface area contributed by atoms with Gasteiger partial charge in [-0.05, 0) is 23.6 Å². The van der Waals surface area contributed by atoms with Crippen LogP contribution in [0.4, 0.5) is 5.69 Å². The van der Waals surface area contributed by atoms with E-state index in [9.17, 15) is 14.9 Å². The van der Waals surface area contributed by atoms with Crippen LogP contribution in [0.2, 0.25) is 0 Å². The number of ether oxygens (including phenoxy) is 1. The number of nitro groups is 1. The van der Waals surface area contributed by atoms with E-state index in [0.717, 1.165) is 13.1 Å². The summed E-state index contributed by atoms with van der Waals surface area (Å²) in [5, 5.41) is 16.0. The Bertz CT molecular complexity index is 801. The monoisotopic (exact) mass is 387 g/mol. The predicted molar refractivity (Wildman–Crippen MR) is 105 cm³/mol. The zero-order valence-corrected chi connectivity index (χ0v) is 15.6. The van der Waals surface area contributed by atoms with Crippen molar-refractivity contribution < 1.29 is 14.5 Å². The van der Waals surface area contributed by atoms with E-state index in [1.54, 1.807) is 29.5 Å². The molecular weight excluding hydrogens is 366 g/mol. The number of carbonyl (C=O) groups excluding carboxylic acids is 1. The number of morpholine rings is 1. The fourth-order valence-electron chi connectivity index (χ4n) is 3.00. The summed E-state index contributed by atoms with van der Waals surface area (Å²) in [6.07, 6.45) is 2.81. The first-order valence-electron chi connectivity index (χ1n) is 8.69. The SMILES string of the molecule is O=C(/C=C/c1ccccc1[N+](=O)[O-])NC[C@@H](c1cccs1)N1CCOCC1. The van der Waals surface area contributed by atoms with Gasteiger partial charge in [0.05, 0.1) is 29.7 Å². The molecule has 0 saturated carbocycles. The van der Waals surface area contributed by atoms with Crippen LogP contribution >= 0.6 is 11.3 Å². The fourth-order valence-corrected chi connectivity index (χ4v) is 3.86. The maximum Gasteiger partial charge on any atom is 0.276 e. The van der Waals surface area contributed by atoms with Gasteiger partial charge in [0.1, 0.15) is 0 Å². The Morgan fingerprint density at radius 2 is 2.07 bits per heavy atom. The Balaban J connectivity index is 1.63. The van der Waals surface area contributed by atoms with E-state index in [-0.39, 0.29) is 17.6 Å². The van der Waals surface area contributed by atoms with Gasteiger partial charge in [0, 0.05) is 36.7 Å². The molecule has 1 aromatic heterocycles. The van der Waals surface area contributed by atoms with E-state index in [1.165, 1.54) is 23.1 Å². The number of benzene rings is 1. The molecule has 1 fully saturated rings. The average Bonchev–Trinajstić information content (AvgIpc) is 3.22. The van der Waals surface area contributed by atoms with Crippen molar-refractivity contribution in [2.24, 2.45) is 0 Å². The third-order valence-corrected chi connectivity index (χ3v) is 5.35. The number of carbonyl (C=O) groups is 1. The van der Waals surface area contributed by atoms with Crippen LogP contribution in [-0.4, -0.2) is 48.6 Å². The minimum Gasteiger partial charge on any atom is -0.379 e. The standard InChI is InChI=1S/C19H21N3O4S/c23-19(8-7-15-4-1-2-5-16(15)22(24)25)20-14-17(18-6-3-13-27-18)21-9-11-26-12-10-21/h1-8,13,17H,9-12,14H2,(H,20,23)/b8-7+/t17-/m0/s1. The fraction of sp³-hybridized carbons (Fsp3) is 0.316. The smallest absolute Gasteiger partial charge is 0.276 e. The first kappa shape index (κ1) is 19.2. The van der Waals surface area contributed by atoms with Gasteiger partial charge < -0.3 is 10.1 Å². The van der Waals surface area contributed by atoms with Gasteiger partial charge in [-0.25, -0.2) is 0 Å². The molecule has 0 aliphatic carbocycles. The summed E-state index contributed by atoms with van der Waals surface area (Å²) < 4.78 is 5.42. The van der Waals surface area contributed by atoms with Gasteiger partial charge in [0.25, 0.3) is 5.69 Å². The maximum absolute atomic E-state index is 12.2. The number of para-hydroxylation sites is 1. The number of thiophene rings is 1. The van der Waals surface area contributed by atoms with Crippen LogP contribution in [0.1, 0.15) is 16.5 Å². The Hall–Kier alpha value is -2.55. The first-order valence-corrected chi connectivity index (χ1v) is 9.57. The van der Waals surface area contributed by atoms with Gasteiger partial charge in [0.2, 0.25) is 5.91 Å². The van der Waals surface area contributed by atoms with Crippen LogP contribution in [0.5, 0.6) is 0 Å². The minimum absolute atomic E-state index is 0.0219. The van der Waals surface area contributed by atoms with E-state index < -0.39 is 4.92 Å². The number of amides is 1. The van der Waals surface area contributed by atoms with E-state index in [0.29, 0.717) is 25.3 Å². The molecule has 1 aliphatic rings. The molecule has 0 unspecified atom stereocenters.